The number of amides is 1. The zero-order valence-corrected chi connectivity index (χ0v) is 16.8. The summed E-state index contributed by atoms with van der Waals surface area (Å²) < 4.78 is 2.03. The molecule has 1 aliphatic rings. The zero-order valence-electron chi connectivity index (χ0n) is 16.0. The third-order valence-electron chi connectivity index (χ3n) is 4.95. The minimum Gasteiger partial charge on any atom is -0.353 e. The smallest absolute Gasteiger partial charge is 0.264 e. The lowest BCUT2D eigenvalue weighted by molar-refractivity contribution is 0.0751. The molecule has 0 unspecified atom stereocenters. The number of carbonyl (C=O) groups is 1. The van der Waals surface area contributed by atoms with Crippen molar-refractivity contribution in [2.75, 3.05) is 31.1 Å². The van der Waals surface area contributed by atoms with Crippen LogP contribution in [0.15, 0.2) is 18.2 Å². The van der Waals surface area contributed by atoms with Crippen molar-refractivity contribution in [1.29, 1.82) is 0 Å². The van der Waals surface area contributed by atoms with E-state index in [-0.39, 0.29) is 5.91 Å². The molecule has 0 saturated carbocycles. The van der Waals surface area contributed by atoms with Crippen LogP contribution in [0, 0.1) is 13.8 Å². The molecule has 0 aliphatic carbocycles. The van der Waals surface area contributed by atoms with Gasteiger partial charge >= 0.3 is 0 Å². The Morgan fingerprint density at radius 1 is 1.15 bits per heavy atom. The molecule has 0 atom stereocenters. The van der Waals surface area contributed by atoms with E-state index < -0.39 is 0 Å². The first-order valence-electron chi connectivity index (χ1n) is 9.39. The van der Waals surface area contributed by atoms with E-state index in [1.54, 1.807) is 11.3 Å². The number of fused-ring (bicyclic) bond motifs is 1. The number of rotatable bonds is 4. The summed E-state index contributed by atoms with van der Waals surface area (Å²) in [7, 11) is 0. The van der Waals surface area contributed by atoms with Crippen LogP contribution < -0.4 is 4.90 Å². The molecular formula is C19H24N6OS. The molecule has 142 valence electrons. The van der Waals surface area contributed by atoms with Gasteiger partial charge in [0.1, 0.15) is 11.6 Å². The highest BCUT2D eigenvalue weighted by molar-refractivity contribution is 7.13. The first kappa shape index (κ1) is 17.9. The van der Waals surface area contributed by atoms with Gasteiger partial charge in [-0.1, -0.05) is 13.3 Å². The van der Waals surface area contributed by atoms with Crippen molar-refractivity contribution >= 4 is 28.8 Å². The van der Waals surface area contributed by atoms with E-state index in [2.05, 4.69) is 28.1 Å². The fourth-order valence-corrected chi connectivity index (χ4v) is 4.39. The second-order valence-electron chi connectivity index (χ2n) is 6.93. The number of hydrogen-bond acceptors (Lipinski definition) is 6. The topological polar surface area (TPSA) is 66.6 Å². The van der Waals surface area contributed by atoms with Gasteiger partial charge in [0.2, 0.25) is 0 Å². The Hall–Kier alpha value is -2.48. The highest BCUT2D eigenvalue weighted by atomic mass is 32.1. The lowest BCUT2D eigenvalue weighted by Crippen LogP contribution is -2.49. The molecule has 8 heteroatoms. The number of hydrogen-bond donors (Lipinski definition) is 0. The summed E-state index contributed by atoms with van der Waals surface area (Å²) in [5.41, 5.74) is 1.19. The largest absolute Gasteiger partial charge is 0.353 e. The summed E-state index contributed by atoms with van der Waals surface area (Å²) >= 11 is 1.56. The van der Waals surface area contributed by atoms with Gasteiger partial charge in [0.25, 0.3) is 11.7 Å². The number of carbonyl (C=O) groups excluding carboxylic acids is 1. The number of aryl methyl sites for hydroxylation is 3. The second-order valence-corrected chi connectivity index (χ2v) is 8.22. The van der Waals surface area contributed by atoms with Gasteiger partial charge < -0.3 is 9.80 Å². The Labute approximate surface area is 162 Å². The van der Waals surface area contributed by atoms with Crippen LogP contribution in [0.2, 0.25) is 0 Å². The summed E-state index contributed by atoms with van der Waals surface area (Å²) in [6, 6.07) is 6.07. The molecule has 1 amide bonds. The Bertz CT molecular complexity index is 970. The molecule has 4 rings (SSSR count). The summed E-state index contributed by atoms with van der Waals surface area (Å²) in [5.74, 6) is 2.59. The fraction of sp³-hybridized carbons (Fsp3) is 0.474. The Morgan fingerprint density at radius 3 is 2.59 bits per heavy atom. The highest BCUT2D eigenvalue weighted by Gasteiger charge is 2.24. The van der Waals surface area contributed by atoms with Gasteiger partial charge in [-0.15, -0.1) is 21.5 Å². The first-order valence-corrected chi connectivity index (χ1v) is 10.2. The second kappa shape index (κ2) is 7.26. The average molecular weight is 385 g/mol. The minimum absolute atomic E-state index is 0.135. The molecule has 0 aromatic carbocycles. The highest BCUT2D eigenvalue weighted by Crippen LogP contribution is 2.21. The Balaban J connectivity index is 1.52. The van der Waals surface area contributed by atoms with Crippen LogP contribution in [0.1, 0.15) is 39.4 Å². The maximum Gasteiger partial charge on any atom is 0.264 e. The van der Waals surface area contributed by atoms with E-state index in [4.69, 9.17) is 4.98 Å². The molecule has 0 bridgehead atoms. The van der Waals surface area contributed by atoms with E-state index >= 15 is 0 Å². The average Bonchev–Trinajstić information content (AvgIpc) is 3.27. The molecule has 0 spiro atoms. The van der Waals surface area contributed by atoms with E-state index in [1.165, 1.54) is 10.6 Å². The first-order chi connectivity index (χ1) is 13.1. The number of anilines is 1. The lowest BCUT2D eigenvalue weighted by atomic mass is 10.2. The van der Waals surface area contributed by atoms with Crippen molar-refractivity contribution < 1.29 is 4.79 Å². The maximum atomic E-state index is 12.7. The number of nitrogens with zero attached hydrogens (tertiary/aromatic N) is 6. The normalized spacial score (nSPS) is 14.9. The molecule has 1 saturated heterocycles. The molecule has 1 aliphatic heterocycles. The van der Waals surface area contributed by atoms with Crippen molar-refractivity contribution in [3.05, 3.63) is 39.5 Å². The summed E-state index contributed by atoms with van der Waals surface area (Å²) in [5, 5.41) is 8.39. The van der Waals surface area contributed by atoms with Crippen molar-refractivity contribution in [3.8, 4) is 0 Å². The number of piperazine rings is 1. The van der Waals surface area contributed by atoms with E-state index in [0.29, 0.717) is 18.9 Å². The van der Waals surface area contributed by atoms with Crippen LogP contribution in [0.3, 0.4) is 0 Å². The van der Waals surface area contributed by atoms with Gasteiger partial charge in [0, 0.05) is 42.8 Å². The minimum atomic E-state index is 0.135. The van der Waals surface area contributed by atoms with Crippen LogP contribution in [0.4, 0.5) is 5.82 Å². The van der Waals surface area contributed by atoms with Gasteiger partial charge in [-0.2, -0.15) is 4.98 Å². The maximum absolute atomic E-state index is 12.7. The van der Waals surface area contributed by atoms with Crippen LogP contribution in [0.25, 0.3) is 5.78 Å². The molecule has 3 aromatic heterocycles. The predicted octanol–water partition coefficient (Wildman–Crippen LogP) is 2.72. The van der Waals surface area contributed by atoms with Crippen LogP contribution in [0.5, 0.6) is 0 Å². The zero-order chi connectivity index (χ0) is 19.0. The van der Waals surface area contributed by atoms with Gasteiger partial charge in [-0.05, 0) is 32.4 Å². The Morgan fingerprint density at radius 2 is 1.93 bits per heavy atom. The number of thiophene rings is 1. The predicted molar refractivity (Wildman–Crippen MR) is 107 cm³/mol. The molecule has 0 radical (unpaired) electrons. The van der Waals surface area contributed by atoms with Crippen molar-refractivity contribution in [1.82, 2.24) is 24.5 Å². The third-order valence-corrected chi connectivity index (χ3v) is 5.94. The van der Waals surface area contributed by atoms with Crippen LogP contribution in [-0.4, -0.2) is 56.6 Å². The van der Waals surface area contributed by atoms with E-state index in [9.17, 15) is 4.79 Å². The molecular weight excluding hydrogens is 360 g/mol. The Kier molecular flexibility index (Phi) is 4.82. The standard InChI is InChI=1S/C19H24N6OS/c1-4-5-15-12-17(20-19-22-21-14(3)25(15)19)23-8-10-24(11-9-23)18(26)16-7-6-13(2)27-16/h6-7,12H,4-5,8-11H2,1-3H3. The summed E-state index contributed by atoms with van der Waals surface area (Å²) in [4.78, 5) is 23.5. The van der Waals surface area contributed by atoms with Gasteiger partial charge in [-0.3, -0.25) is 9.20 Å². The van der Waals surface area contributed by atoms with E-state index in [0.717, 1.165) is 42.5 Å². The van der Waals surface area contributed by atoms with Gasteiger partial charge in [0.05, 0.1) is 4.88 Å². The SMILES string of the molecule is CCCc1cc(N2CCN(C(=O)c3ccc(C)s3)CC2)nc2nnc(C)n12. The fourth-order valence-electron chi connectivity index (χ4n) is 3.55. The lowest BCUT2D eigenvalue weighted by Gasteiger charge is -2.35. The molecule has 7 nitrogen and oxygen atoms in total. The molecule has 3 aromatic rings. The number of aromatic nitrogens is 4. The van der Waals surface area contributed by atoms with Gasteiger partial charge in [0.15, 0.2) is 0 Å². The quantitative estimate of drug-likeness (QED) is 0.692. The molecule has 0 N–H and O–H groups in total. The van der Waals surface area contributed by atoms with Gasteiger partial charge in [-0.25, -0.2) is 0 Å². The van der Waals surface area contributed by atoms with Crippen molar-refractivity contribution in [3.63, 3.8) is 0 Å². The summed E-state index contributed by atoms with van der Waals surface area (Å²) in [6.07, 6.45) is 2.01. The molecule has 27 heavy (non-hydrogen) atoms. The molecule has 4 heterocycles. The van der Waals surface area contributed by atoms with Crippen molar-refractivity contribution in [2.45, 2.75) is 33.6 Å². The van der Waals surface area contributed by atoms with Crippen molar-refractivity contribution in [2.24, 2.45) is 0 Å². The van der Waals surface area contributed by atoms with Crippen LogP contribution in [-0.2, 0) is 6.42 Å². The monoisotopic (exact) mass is 384 g/mol. The van der Waals surface area contributed by atoms with E-state index in [1.807, 2.05) is 35.3 Å². The third kappa shape index (κ3) is 3.41. The summed E-state index contributed by atoms with van der Waals surface area (Å²) in [6.45, 7) is 9.12. The molecule has 1 fully saturated rings. The van der Waals surface area contributed by atoms with Crippen LogP contribution >= 0.6 is 11.3 Å².